The van der Waals surface area contributed by atoms with Crippen molar-refractivity contribution in [3.63, 3.8) is 0 Å². The number of rotatable bonds is 7. The molecule has 3 aromatic heterocycles. The number of aliphatic carboxylic acids is 1. The van der Waals surface area contributed by atoms with Crippen LogP contribution >= 0.6 is 11.3 Å². The van der Waals surface area contributed by atoms with Crippen molar-refractivity contribution in [3.05, 3.63) is 93.6 Å². The van der Waals surface area contributed by atoms with Crippen molar-refractivity contribution in [1.82, 2.24) is 9.55 Å². The SMILES string of the molecule is CC(=O)c1cc2c(s1)c(C1CCCCC1)c1n2CCNc2c-1ccc1nc(/C(C)=C(\C)N=C(C)C)ccc21.CC1(C=O)CCCC1.Cc1ccc(/C=C/C(=O)O)cc1. The fourth-order valence-corrected chi connectivity index (χ4v) is 9.64. The van der Waals surface area contributed by atoms with Crippen LogP contribution in [0.1, 0.15) is 137 Å². The van der Waals surface area contributed by atoms with E-state index in [1.54, 1.807) is 24.3 Å². The van der Waals surface area contributed by atoms with Crippen molar-refractivity contribution in [1.29, 1.82) is 0 Å². The monoisotopic (exact) mass is 798 g/mol. The van der Waals surface area contributed by atoms with Gasteiger partial charge in [-0.1, -0.05) is 68.9 Å². The van der Waals surface area contributed by atoms with Gasteiger partial charge in [0.15, 0.2) is 5.78 Å². The summed E-state index contributed by atoms with van der Waals surface area (Å²) in [6.07, 6.45) is 14.9. The zero-order valence-electron chi connectivity index (χ0n) is 35.2. The van der Waals surface area contributed by atoms with Crippen LogP contribution in [0, 0.1) is 12.3 Å². The van der Waals surface area contributed by atoms with E-state index >= 15 is 0 Å². The third kappa shape index (κ3) is 9.75. The first-order valence-corrected chi connectivity index (χ1v) is 21.6. The van der Waals surface area contributed by atoms with Crippen LogP contribution in [0.5, 0.6) is 0 Å². The van der Waals surface area contributed by atoms with Crippen LogP contribution in [-0.4, -0.2) is 45.0 Å². The van der Waals surface area contributed by atoms with Crippen LogP contribution in [0.25, 0.3) is 44.0 Å². The molecule has 2 aliphatic carbocycles. The lowest BCUT2D eigenvalue weighted by Crippen LogP contribution is -2.11. The molecule has 0 saturated heterocycles. The van der Waals surface area contributed by atoms with Gasteiger partial charge in [-0.2, -0.15) is 0 Å². The highest BCUT2D eigenvalue weighted by Crippen LogP contribution is 2.50. The van der Waals surface area contributed by atoms with Crippen LogP contribution in [0.2, 0.25) is 0 Å². The molecule has 8 nitrogen and oxygen atoms in total. The smallest absolute Gasteiger partial charge is 0.328 e. The van der Waals surface area contributed by atoms with Crippen LogP contribution in [0.3, 0.4) is 0 Å². The van der Waals surface area contributed by atoms with Crippen molar-refractivity contribution in [2.24, 2.45) is 10.4 Å². The Morgan fingerprint density at radius 2 is 1.66 bits per heavy atom. The highest BCUT2D eigenvalue weighted by Gasteiger charge is 2.31. The number of carboxylic acid groups (broad SMARTS) is 1. The number of nitrogens with one attached hydrogen (secondary N) is 1. The molecular formula is C49H58N4O4S. The molecule has 8 rings (SSSR count). The average molecular weight is 799 g/mol. The lowest BCUT2D eigenvalue weighted by Gasteiger charge is -2.23. The predicted molar refractivity (Wildman–Crippen MR) is 242 cm³/mol. The van der Waals surface area contributed by atoms with E-state index in [2.05, 4.69) is 59.1 Å². The molecule has 0 bridgehead atoms. The van der Waals surface area contributed by atoms with Crippen molar-refractivity contribution in [3.8, 4) is 11.3 Å². The Balaban J connectivity index is 0.000000231. The third-order valence-electron chi connectivity index (χ3n) is 11.7. The van der Waals surface area contributed by atoms with E-state index in [9.17, 15) is 14.4 Å². The normalized spacial score (nSPS) is 16.5. The van der Waals surface area contributed by atoms with Crippen LogP contribution in [0.15, 0.2) is 71.4 Å². The van der Waals surface area contributed by atoms with Gasteiger partial charge in [0, 0.05) is 46.9 Å². The number of pyridine rings is 1. The lowest BCUT2D eigenvalue weighted by atomic mass is 9.83. The van der Waals surface area contributed by atoms with Crippen molar-refractivity contribution >= 4 is 73.5 Å². The van der Waals surface area contributed by atoms with E-state index in [1.165, 1.54) is 83.2 Å². The highest BCUT2D eigenvalue weighted by molar-refractivity contribution is 7.21. The average Bonchev–Trinajstić information content (AvgIpc) is 3.89. The number of hydrogen-bond donors (Lipinski definition) is 2. The number of fused-ring (bicyclic) bond motifs is 7. The van der Waals surface area contributed by atoms with Gasteiger partial charge in [-0.25, -0.2) is 9.78 Å². The van der Waals surface area contributed by atoms with E-state index in [0.717, 1.165) is 82.3 Å². The maximum Gasteiger partial charge on any atom is 0.328 e. The van der Waals surface area contributed by atoms with E-state index in [0.29, 0.717) is 5.92 Å². The van der Waals surface area contributed by atoms with E-state index in [1.807, 2.05) is 52.0 Å². The van der Waals surface area contributed by atoms with Crippen molar-refractivity contribution < 1.29 is 19.5 Å². The molecule has 2 N–H and O–H groups in total. The fraction of sp³-hybridized carbons (Fsp3) is 0.408. The minimum Gasteiger partial charge on any atom is -0.478 e. The molecular weight excluding hydrogens is 741 g/mol. The first-order chi connectivity index (χ1) is 27.8. The summed E-state index contributed by atoms with van der Waals surface area (Å²) in [7, 11) is 0. The number of aliphatic imine (C=N–C) groups is 1. The molecule has 2 fully saturated rings. The molecule has 0 spiro atoms. The number of thiophene rings is 1. The minimum atomic E-state index is -0.921. The topological polar surface area (TPSA) is 114 Å². The summed E-state index contributed by atoms with van der Waals surface area (Å²) in [6, 6.07) is 18.6. The Hall–Kier alpha value is -5.15. The van der Waals surface area contributed by atoms with Gasteiger partial charge in [-0.3, -0.25) is 9.79 Å². The number of carbonyl (C=O) groups is 3. The van der Waals surface area contributed by atoms with Crippen molar-refractivity contribution in [2.75, 3.05) is 11.9 Å². The minimum absolute atomic E-state index is 0.0556. The second kappa shape index (κ2) is 18.6. The molecule has 0 atom stereocenters. The van der Waals surface area contributed by atoms with Crippen LogP contribution in [-0.2, 0) is 16.1 Å². The number of Topliss-reactive ketones (excluding diaryl/α,β-unsaturated/α-hetero) is 1. The van der Waals surface area contributed by atoms with E-state index < -0.39 is 5.97 Å². The van der Waals surface area contributed by atoms with Gasteiger partial charge in [0.05, 0.1) is 37.7 Å². The molecule has 1 aliphatic heterocycles. The maximum atomic E-state index is 12.3. The number of carboxylic acids is 1. The number of ketones is 1. The number of benzene rings is 2. The van der Waals surface area contributed by atoms with E-state index in [-0.39, 0.29) is 11.2 Å². The number of aryl methyl sites for hydroxylation is 1. The molecule has 4 heterocycles. The second-order valence-electron chi connectivity index (χ2n) is 16.6. The quantitative estimate of drug-likeness (QED) is 0.0733. The summed E-state index contributed by atoms with van der Waals surface area (Å²) >= 11 is 1.70. The first kappa shape index (κ1) is 42.5. The standard InChI is InChI=1S/C32H36N4OS.C10H10O2.C7H12O/c1-18(2)34-20(4)19(3)25-13-11-23-26(35-25)14-12-24-30(23)33-15-16-36-27-17-28(21(5)37)38-32(27)29(31(24)36)22-9-7-6-8-10-22;1-8-2-4-9(5-3-8)6-7-10(11)12;1-7(6-8)4-2-3-5-7/h11-14,17,22,33H,6-10,15-16H2,1-5H3;2-7H,1H3,(H,11,12);6H,2-5H2,1H3/b20-19+;7-6+;. The van der Waals surface area contributed by atoms with Crippen LogP contribution in [0.4, 0.5) is 5.69 Å². The number of anilines is 1. The highest BCUT2D eigenvalue weighted by atomic mass is 32.1. The summed E-state index contributed by atoms with van der Waals surface area (Å²) in [5.74, 6) is -0.216. The number of aromatic nitrogens is 2. The molecule has 304 valence electrons. The summed E-state index contributed by atoms with van der Waals surface area (Å²) in [6.45, 7) is 15.6. The zero-order valence-corrected chi connectivity index (χ0v) is 36.0. The van der Waals surface area contributed by atoms with Gasteiger partial charge < -0.3 is 19.8 Å². The van der Waals surface area contributed by atoms with Gasteiger partial charge in [-0.15, -0.1) is 11.3 Å². The van der Waals surface area contributed by atoms with E-state index in [4.69, 9.17) is 10.1 Å². The molecule has 0 unspecified atom stereocenters. The Morgan fingerprint density at radius 3 is 2.28 bits per heavy atom. The number of allylic oxidation sites excluding steroid dienone is 2. The van der Waals surface area contributed by atoms with Gasteiger partial charge in [0.1, 0.15) is 6.29 Å². The summed E-state index contributed by atoms with van der Waals surface area (Å²) < 4.78 is 3.80. The molecule has 5 aromatic rings. The summed E-state index contributed by atoms with van der Waals surface area (Å²) in [5.41, 5.74) is 13.7. The Kier molecular flexibility index (Phi) is 13.6. The first-order valence-electron chi connectivity index (χ1n) is 20.8. The molecule has 3 aliphatic rings. The summed E-state index contributed by atoms with van der Waals surface area (Å²) in [4.78, 5) is 43.4. The number of nitrogens with zero attached hydrogens (tertiary/aromatic N) is 3. The number of aldehydes is 1. The van der Waals surface area contributed by atoms with Gasteiger partial charge >= 0.3 is 5.97 Å². The molecule has 0 radical (unpaired) electrons. The lowest BCUT2D eigenvalue weighted by molar-refractivity contribution is -0.131. The predicted octanol–water partition coefficient (Wildman–Crippen LogP) is 12.7. The fourth-order valence-electron chi connectivity index (χ4n) is 8.46. The zero-order chi connectivity index (χ0) is 41.6. The molecule has 58 heavy (non-hydrogen) atoms. The van der Waals surface area contributed by atoms with Gasteiger partial charge in [-0.05, 0) is 126 Å². The maximum absolute atomic E-state index is 12.3. The van der Waals surface area contributed by atoms with Crippen LogP contribution < -0.4 is 5.32 Å². The second-order valence-corrected chi connectivity index (χ2v) is 17.7. The van der Waals surface area contributed by atoms with Gasteiger partial charge in [0.2, 0.25) is 0 Å². The number of carbonyl (C=O) groups excluding carboxylic acids is 2. The largest absolute Gasteiger partial charge is 0.478 e. The molecule has 9 heteroatoms. The Morgan fingerprint density at radius 1 is 0.948 bits per heavy atom. The number of hydrogen-bond acceptors (Lipinski definition) is 7. The Labute approximate surface area is 347 Å². The third-order valence-corrected chi connectivity index (χ3v) is 13.0. The summed E-state index contributed by atoms with van der Waals surface area (Å²) in [5, 5.41) is 13.3. The molecule has 2 saturated carbocycles. The Bertz CT molecular complexity index is 2400. The molecule has 2 aromatic carbocycles. The van der Waals surface area contributed by atoms with Gasteiger partial charge in [0.25, 0.3) is 0 Å². The van der Waals surface area contributed by atoms with Crippen molar-refractivity contribution in [2.45, 2.75) is 119 Å². The molecule has 0 amide bonds.